The molecule has 0 aliphatic carbocycles. The van der Waals surface area contributed by atoms with Crippen LogP contribution in [0, 0.1) is 5.41 Å². The summed E-state index contributed by atoms with van der Waals surface area (Å²) in [4.78, 5) is 0. The van der Waals surface area contributed by atoms with Gasteiger partial charge in [0, 0.05) is 22.3 Å². The molecule has 15 heavy (non-hydrogen) atoms. The summed E-state index contributed by atoms with van der Waals surface area (Å²) in [5.41, 5.74) is 5.86. The minimum absolute atomic E-state index is 0.216. The van der Waals surface area contributed by atoms with Gasteiger partial charge in [0.05, 0.1) is 0 Å². The summed E-state index contributed by atoms with van der Waals surface area (Å²) in [5, 5.41) is 0. The molecule has 0 saturated carbocycles. The van der Waals surface area contributed by atoms with Gasteiger partial charge in [0.2, 0.25) is 0 Å². The molecule has 0 aromatic carbocycles. The first-order valence-corrected chi connectivity index (χ1v) is 7.55. The maximum absolute atomic E-state index is 11.6. The van der Waals surface area contributed by atoms with E-state index >= 15 is 0 Å². The van der Waals surface area contributed by atoms with Crippen LogP contribution in [-0.4, -0.2) is 22.3 Å². The number of hydrogen-bond acceptors (Lipinski definition) is 2. The van der Waals surface area contributed by atoms with Gasteiger partial charge in [0.1, 0.15) is 0 Å². The van der Waals surface area contributed by atoms with Crippen LogP contribution in [0.3, 0.4) is 0 Å². The largest absolute Gasteiger partial charge is 0.330 e. The third-order valence-electron chi connectivity index (χ3n) is 2.75. The van der Waals surface area contributed by atoms with E-state index in [4.69, 9.17) is 5.73 Å². The quantitative estimate of drug-likeness (QED) is 0.622. The molecular weight excluding hydrogens is 206 g/mol. The fourth-order valence-electron chi connectivity index (χ4n) is 1.43. The Morgan fingerprint density at radius 1 is 1.13 bits per heavy atom. The molecule has 0 aliphatic heterocycles. The average molecular weight is 233 g/mol. The van der Waals surface area contributed by atoms with Crippen molar-refractivity contribution < 1.29 is 4.21 Å². The van der Waals surface area contributed by atoms with E-state index < -0.39 is 10.8 Å². The maximum atomic E-state index is 11.6. The van der Waals surface area contributed by atoms with E-state index in [1.54, 1.807) is 0 Å². The van der Waals surface area contributed by atoms with Crippen molar-refractivity contribution in [2.45, 2.75) is 52.9 Å². The lowest BCUT2D eigenvalue weighted by atomic mass is 9.88. The van der Waals surface area contributed by atoms with Gasteiger partial charge in [-0.05, 0) is 31.2 Å². The van der Waals surface area contributed by atoms with E-state index in [9.17, 15) is 4.21 Å². The molecule has 0 heterocycles. The Hall–Kier alpha value is 0.110. The topological polar surface area (TPSA) is 43.1 Å². The molecule has 0 aliphatic rings. The van der Waals surface area contributed by atoms with Crippen molar-refractivity contribution in [3.05, 3.63) is 0 Å². The molecular formula is C12H27NOS. The van der Waals surface area contributed by atoms with Gasteiger partial charge in [0.15, 0.2) is 0 Å². The standard InChI is InChI=1S/C12H27NOS/c1-4-5-6-9-15(14)10-7-8-12(2,3)11-13/h4-11,13H2,1-3H3. The lowest BCUT2D eigenvalue weighted by Gasteiger charge is -2.21. The molecule has 92 valence electrons. The summed E-state index contributed by atoms with van der Waals surface area (Å²) in [6, 6.07) is 0. The zero-order valence-electron chi connectivity index (χ0n) is 10.6. The molecule has 0 saturated heterocycles. The lowest BCUT2D eigenvalue weighted by molar-refractivity contribution is 0.344. The molecule has 0 radical (unpaired) electrons. The highest BCUT2D eigenvalue weighted by Gasteiger charge is 2.15. The Labute approximate surface area is 97.5 Å². The van der Waals surface area contributed by atoms with Crippen LogP contribution in [0.25, 0.3) is 0 Å². The van der Waals surface area contributed by atoms with E-state index in [1.807, 2.05) is 0 Å². The van der Waals surface area contributed by atoms with E-state index in [0.717, 1.165) is 37.3 Å². The van der Waals surface area contributed by atoms with Gasteiger partial charge in [-0.2, -0.15) is 0 Å². The number of unbranched alkanes of at least 4 members (excludes halogenated alkanes) is 2. The van der Waals surface area contributed by atoms with Crippen LogP contribution in [0.2, 0.25) is 0 Å². The molecule has 1 unspecified atom stereocenters. The van der Waals surface area contributed by atoms with E-state index in [-0.39, 0.29) is 5.41 Å². The highest BCUT2D eigenvalue weighted by Crippen LogP contribution is 2.20. The second-order valence-electron chi connectivity index (χ2n) is 5.03. The summed E-state index contributed by atoms with van der Waals surface area (Å²) >= 11 is 0. The van der Waals surface area contributed by atoms with Crippen molar-refractivity contribution in [1.82, 2.24) is 0 Å². The van der Waals surface area contributed by atoms with Crippen molar-refractivity contribution in [2.24, 2.45) is 11.1 Å². The SMILES string of the molecule is CCCCCS(=O)CCCC(C)(C)CN. The summed E-state index contributed by atoms with van der Waals surface area (Å²) in [7, 11) is -0.599. The van der Waals surface area contributed by atoms with Crippen molar-refractivity contribution >= 4 is 10.8 Å². The molecule has 0 fully saturated rings. The summed E-state index contributed by atoms with van der Waals surface area (Å²) in [5.74, 6) is 1.74. The summed E-state index contributed by atoms with van der Waals surface area (Å²) in [6.07, 6.45) is 5.66. The Balaban J connectivity index is 3.46. The van der Waals surface area contributed by atoms with Crippen LogP contribution < -0.4 is 5.73 Å². The first-order valence-electron chi connectivity index (χ1n) is 6.07. The predicted octanol–water partition coefficient (Wildman–Crippen LogP) is 2.69. The van der Waals surface area contributed by atoms with Gasteiger partial charge in [-0.1, -0.05) is 33.6 Å². The van der Waals surface area contributed by atoms with Gasteiger partial charge >= 0.3 is 0 Å². The van der Waals surface area contributed by atoms with E-state index in [1.165, 1.54) is 12.8 Å². The van der Waals surface area contributed by atoms with Crippen LogP contribution in [0.15, 0.2) is 0 Å². The Morgan fingerprint density at radius 2 is 1.73 bits per heavy atom. The summed E-state index contributed by atoms with van der Waals surface area (Å²) in [6.45, 7) is 7.24. The number of nitrogens with two attached hydrogens (primary N) is 1. The molecule has 0 spiro atoms. The Morgan fingerprint density at radius 3 is 2.27 bits per heavy atom. The minimum atomic E-state index is -0.599. The molecule has 0 bridgehead atoms. The molecule has 0 aromatic rings. The first-order chi connectivity index (χ1) is 7.02. The smallest absolute Gasteiger partial charge is 0.0235 e. The van der Waals surface area contributed by atoms with Crippen LogP contribution in [-0.2, 0) is 10.8 Å². The van der Waals surface area contributed by atoms with Crippen molar-refractivity contribution in [1.29, 1.82) is 0 Å². The van der Waals surface area contributed by atoms with Crippen LogP contribution in [0.1, 0.15) is 52.9 Å². The molecule has 3 heteroatoms. The van der Waals surface area contributed by atoms with Gasteiger partial charge in [-0.25, -0.2) is 0 Å². The zero-order valence-corrected chi connectivity index (χ0v) is 11.4. The second kappa shape index (κ2) is 8.28. The normalized spacial score (nSPS) is 14.1. The minimum Gasteiger partial charge on any atom is -0.330 e. The molecule has 0 aromatic heterocycles. The second-order valence-corrected chi connectivity index (χ2v) is 6.72. The fraction of sp³-hybridized carbons (Fsp3) is 1.00. The van der Waals surface area contributed by atoms with Crippen LogP contribution in [0.4, 0.5) is 0 Å². The zero-order chi connectivity index (χ0) is 11.7. The van der Waals surface area contributed by atoms with Crippen molar-refractivity contribution in [2.75, 3.05) is 18.1 Å². The number of rotatable bonds is 9. The number of hydrogen-bond donors (Lipinski definition) is 1. The molecule has 2 nitrogen and oxygen atoms in total. The Kier molecular flexibility index (Phi) is 8.34. The van der Waals surface area contributed by atoms with Crippen molar-refractivity contribution in [3.63, 3.8) is 0 Å². The molecule has 1 atom stereocenters. The highest BCUT2D eigenvalue weighted by atomic mass is 32.2. The van der Waals surface area contributed by atoms with Gasteiger partial charge in [0.25, 0.3) is 0 Å². The molecule has 2 N–H and O–H groups in total. The average Bonchev–Trinajstić information content (AvgIpc) is 2.18. The van der Waals surface area contributed by atoms with E-state index in [0.29, 0.717) is 0 Å². The monoisotopic (exact) mass is 233 g/mol. The Bertz CT molecular complexity index is 180. The van der Waals surface area contributed by atoms with Gasteiger partial charge in [-0.3, -0.25) is 4.21 Å². The third kappa shape index (κ3) is 9.06. The fourth-order valence-corrected chi connectivity index (χ4v) is 2.63. The molecule has 0 rings (SSSR count). The van der Waals surface area contributed by atoms with Crippen LogP contribution >= 0.6 is 0 Å². The van der Waals surface area contributed by atoms with Crippen molar-refractivity contribution in [3.8, 4) is 0 Å². The molecule has 0 amide bonds. The highest BCUT2D eigenvalue weighted by molar-refractivity contribution is 7.84. The first kappa shape index (κ1) is 15.1. The van der Waals surface area contributed by atoms with Crippen LogP contribution in [0.5, 0.6) is 0 Å². The maximum Gasteiger partial charge on any atom is 0.0235 e. The third-order valence-corrected chi connectivity index (χ3v) is 4.24. The van der Waals surface area contributed by atoms with E-state index in [2.05, 4.69) is 20.8 Å². The predicted molar refractivity (Wildman–Crippen MR) is 69.5 cm³/mol. The summed E-state index contributed by atoms with van der Waals surface area (Å²) < 4.78 is 11.6. The van der Waals surface area contributed by atoms with Gasteiger partial charge in [-0.15, -0.1) is 0 Å². The lowest BCUT2D eigenvalue weighted by Crippen LogP contribution is -2.24. The van der Waals surface area contributed by atoms with Gasteiger partial charge < -0.3 is 5.73 Å².